The number of benzene rings is 1. The van der Waals surface area contributed by atoms with Crippen molar-refractivity contribution in [2.24, 2.45) is 0 Å². The Morgan fingerprint density at radius 3 is 2.32 bits per heavy atom. The van der Waals surface area contributed by atoms with Gasteiger partial charge in [0.25, 0.3) is 5.91 Å². The maximum absolute atomic E-state index is 12.7. The van der Waals surface area contributed by atoms with Gasteiger partial charge in [0.1, 0.15) is 5.69 Å². The van der Waals surface area contributed by atoms with Crippen molar-refractivity contribution in [3.8, 4) is 0 Å². The summed E-state index contributed by atoms with van der Waals surface area (Å²) in [6.45, 7) is 10.1. The van der Waals surface area contributed by atoms with Gasteiger partial charge in [0, 0.05) is 43.8 Å². The Kier molecular flexibility index (Phi) is 5.04. The van der Waals surface area contributed by atoms with E-state index in [4.69, 9.17) is 0 Å². The molecule has 5 heteroatoms. The number of likely N-dealkylation sites (N-methyl/N-ethyl adjacent to an activating group) is 1. The number of aryl methyl sites for hydroxylation is 3. The van der Waals surface area contributed by atoms with Crippen LogP contribution in [0.15, 0.2) is 30.5 Å². The largest absolute Gasteiger partial charge is 0.369 e. The Hall–Kier alpha value is -2.40. The summed E-state index contributed by atoms with van der Waals surface area (Å²) in [6, 6.07) is 8.03. The summed E-state index contributed by atoms with van der Waals surface area (Å²) >= 11 is 0. The van der Waals surface area contributed by atoms with E-state index in [2.05, 4.69) is 46.2 Å². The zero-order chi connectivity index (χ0) is 18.0. The van der Waals surface area contributed by atoms with E-state index >= 15 is 0 Å². The molecule has 0 radical (unpaired) electrons. The third-order valence-corrected chi connectivity index (χ3v) is 4.76. The number of aromatic nitrogens is 1. The fraction of sp³-hybridized carbons (Fsp3) is 0.400. The molecule has 5 nitrogen and oxygen atoms in total. The Balaban J connectivity index is 1.78. The van der Waals surface area contributed by atoms with Crippen molar-refractivity contribution in [1.29, 1.82) is 0 Å². The number of amides is 1. The SMILES string of the molecule is Cc1cc(C)c(NC(=O)c2cc(N3CCN(C)CC3)ccn2)c(C)c1. The molecule has 1 fully saturated rings. The highest BCUT2D eigenvalue weighted by Gasteiger charge is 2.17. The monoisotopic (exact) mass is 338 g/mol. The molecule has 1 N–H and O–H groups in total. The zero-order valence-electron chi connectivity index (χ0n) is 15.5. The molecule has 25 heavy (non-hydrogen) atoms. The first-order chi connectivity index (χ1) is 11.9. The van der Waals surface area contributed by atoms with Crippen LogP contribution in [0.1, 0.15) is 27.2 Å². The predicted molar refractivity (Wildman–Crippen MR) is 103 cm³/mol. The molecule has 1 aliphatic heterocycles. The summed E-state index contributed by atoms with van der Waals surface area (Å²) < 4.78 is 0. The van der Waals surface area contributed by atoms with Gasteiger partial charge in [-0.05, 0) is 51.1 Å². The lowest BCUT2D eigenvalue weighted by molar-refractivity contribution is 0.102. The Morgan fingerprint density at radius 2 is 1.68 bits per heavy atom. The number of carbonyl (C=O) groups excluding carboxylic acids is 1. The number of nitrogens with one attached hydrogen (secondary N) is 1. The van der Waals surface area contributed by atoms with Gasteiger partial charge in [-0.15, -0.1) is 0 Å². The molecule has 0 unspecified atom stereocenters. The first-order valence-corrected chi connectivity index (χ1v) is 8.73. The average Bonchev–Trinajstić information content (AvgIpc) is 2.58. The third kappa shape index (κ3) is 3.99. The van der Waals surface area contributed by atoms with E-state index in [1.54, 1.807) is 6.20 Å². The number of anilines is 2. The smallest absolute Gasteiger partial charge is 0.274 e. The highest BCUT2D eigenvalue weighted by molar-refractivity contribution is 6.04. The van der Waals surface area contributed by atoms with Gasteiger partial charge in [-0.2, -0.15) is 0 Å². The molecule has 0 bridgehead atoms. The molecule has 3 rings (SSSR count). The van der Waals surface area contributed by atoms with Crippen molar-refractivity contribution in [1.82, 2.24) is 9.88 Å². The predicted octanol–water partition coefficient (Wildman–Crippen LogP) is 3.01. The number of carbonyl (C=O) groups is 1. The molecule has 132 valence electrons. The molecule has 1 aromatic heterocycles. The summed E-state index contributed by atoms with van der Waals surface area (Å²) in [5.74, 6) is -0.161. The maximum atomic E-state index is 12.7. The van der Waals surface area contributed by atoms with Crippen LogP contribution in [-0.4, -0.2) is 49.0 Å². The van der Waals surface area contributed by atoms with Crippen LogP contribution >= 0.6 is 0 Å². The number of nitrogens with zero attached hydrogens (tertiary/aromatic N) is 3. The van der Waals surface area contributed by atoms with Crippen LogP contribution < -0.4 is 10.2 Å². The number of hydrogen-bond donors (Lipinski definition) is 1. The molecule has 0 spiro atoms. The third-order valence-electron chi connectivity index (χ3n) is 4.76. The van der Waals surface area contributed by atoms with Crippen molar-refractivity contribution in [3.05, 3.63) is 52.8 Å². The summed E-state index contributed by atoms with van der Waals surface area (Å²) in [5, 5.41) is 3.03. The van der Waals surface area contributed by atoms with Crippen molar-refractivity contribution >= 4 is 17.3 Å². The quantitative estimate of drug-likeness (QED) is 0.935. The highest BCUT2D eigenvalue weighted by Crippen LogP contribution is 2.23. The van der Waals surface area contributed by atoms with E-state index in [0.717, 1.165) is 48.7 Å². The Bertz CT molecular complexity index is 756. The van der Waals surface area contributed by atoms with Crippen molar-refractivity contribution < 1.29 is 4.79 Å². The van der Waals surface area contributed by atoms with E-state index in [-0.39, 0.29) is 5.91 Å². The zero-order valence-corrected chi connectivity index (χ0v) is 15.5. The van der Waals surface area contributed by atoms with Crippen molar-refractivity contribution in [2.75, 3.05) is 43.4 Å². The van der Waals surface area contributed by atoms with Gasteiger partial charge < -0.3 is 15.1 Å². The highest BCUT2D eigenvalue weighted by atomic mass is 16.1. The topological polar surface area (TPSA) is 48.5 Å². The van der Waals surface area contributed by atoms with E-state index < -0.39 is 0 Å². The van der Waals surface area contributed by atoms with Gasteiger partial charge in [0.15, 0.2) is 0 Å². The summed E-state index contributed by atoms with van der Waals surface area (Å²) in [7, 11) is 2.13. The molecule has 2 heterocycles. The Morgan fingerprint density at radius 1 is 1.04 bits per heavy atom. The van der Waals surface area contributed by atoms with E-state index in [9.17, 15) is 4.79 Å². The van der Waals surface area contributed by atoms with Crippen LogP contribution in [0.25, 0.3) is 0 Å². The molecule has 2 aromatic rings. The molecular formula is C20H26N4O. The van der Waals surface area contributed by atoms with E-state index in [1.165, 1.54) is 5.56 Å². The minimum atomic E-state index is -0.161. The fourth-order valence-corrected chi connectivity index (χ4v) is 3.36. The lowest BCUT2D eigenvalue weighted by Gasteiger charge is -2.34. The Labute approximate surface area is 149 Å². The molecule has 1 aromatic carbocycles. The van der Waals surface area contributed by atoms with Crippen LogP contribution in [0.4, 0.5) is 11.4 Å². The van der Waals surface area contributed by atoms with Gasteiger partial charge in [-0.25, -0.2) is 0 Å². The van der Waals surface area contributed by atoms with E-state index in [0.29, 0.717) is 5.69 Å². The number of pyridine rings is 1. The first-order valence-electron chi connectivity index (χ1n) is 8.73. The molecule has 0 saturated carbocycles. The van der Waals surface area contributed by atoms with Crippen LogP contribution in [0.2, 0.25) is 0 Å². The van der Waals surface area contributed by atoms with E-state index in [1.807, 2.05) is 26.0 Å². The molecule has 1 saturated heterocycles. The number of piperazine rings is 1. The molecular weight excluding hydrogens is 312 g/mol. The minimum absolute atomic E-state index is 0.161. The van der Waals surface area contributed by atoms with Gasteiger partial charge >= 0.3 is 0 Å². The first kappa shape index (κ1) is 17.4. The van der Waals surface area contributed by atoms with Crippen molar-refractivity contribution in [3.63, 3.8) is 0 Å². The van der Waals surface area contributed by atoms with Crippen LogP contribution in [0, 0.1) is 20.8 Å². The number of rotatable bonds is 3. The van der Waals surface area contributed by atoms with Crippen LogP contribution in [0.3, 0.4) is 0 Å². The van der Waals surface area contributed by atoms with Gasteiger partial charge in [0.05, 0.1) is 0 Å². The van der Waals surface area contributed by atoms with Gasteiger partial charge in [-0.3, -0.25) is 9.78 Å². The molecule has 0 atom stereocenters. The normalized spacial score (nSPS) is 15.3. The fourth-order valence-electron chi connectivity index (χ4n) is 3.36. The van der Waals surface area contributed by atoms with Crippen LogP contribution in [0.5, 0.6) is 0 Å². The second kappa shape index (κ2) is 7.23. The van der Waals surface area contributed by atoms with Gasteiger partial charge in [-0.1, -0.05) is 17.7 Å². The molecule has 1 amide bonds. The molecule has 1 aliphatic rings. The number of hydrogen-bond acceptors (Lipinski definition) is 4. The summed E-state index contributed by atoms with van der Waals surface area (Å²) in [6.07, 6.45) is 1.72. The standard InChI is InChI=1S/C20H26N4O/c1-14-11-15(2)19(16(3)12-14)22-20(25)18-13-17(5-6-21-18)24-9-7-23(4)8-10-24/h5-6,11-13H,7-10H2,1-4H3,(H,22,25). The average molecular weight is 338 g/mol. The van der Waals surface area contributed by atoms with Gasteiger partial charge in [0.2, 0.25) is 0 Å². The van der Waals surface area contributed by atoms with Crippen molar-refractivity contribution in [2.45, 2.75) is 20.8 Å². The molecule has 0 aliphatic carbocycles. The van der Waals surface area contributed by atoms with Crippen LogP contribution in [-0.2, 0) is 0 Å². The summed E-state index contributed by atoms with van der Waals surface area (Å²) in [5.41, 5.74) is 5.73. The second-order valence-corrected chi connectivity index (χ2v) is 6.92. The lowest BCUT2D eigenvalue weighted by atomic mass is 10.0. The minimum Gasteiger partial charge on any atom is -0.369 e. The summed E-state index contributed by atoms with van der Waals surface area (Å²) in [4.78, 5) is 21.6. The maximum Gasteiger partial charge on any atom is 0.274 e. The lowest BCUT2D eigenvalue weighted by Crippen LogP contribution is -2.44. The second-order valence-electron chi connectivity index (χ2n) is 6.92.